The van der Waals surface area contributed by atoms with Crippen molar-refractivity contribution in [2.45, 2.75) is 38.8 Å². The van der Waals surface area contributed by atoms with E-state index in [4.69, 9.17) is 4.74 Å². The molecular weight excluding hydrogens is 226 g/mol. The summed E-state index contributed by atoms with van der Waals surface area (Å²) >= 11 is 0. The third kappa shape index (κ3) is 4.19. The number of rotatable bonds is 4. The summed E-state index contributed by atoms with van der Waals surface area (Å²) in [5.41, 5.74) is 0. The first-order chi connectivity index (χ1) is 8.81. The lowest BCUT2D eigenvalue weighted by Crippen LogP contribution is -2.48. The number of hydrogen-bond donors (Lipinski definition) is 1. The third-order valence-corrected chi connectivity index (χ3v) is 4.19. The van der Waals surface area contributed by atoms with Crippen molar-refractivity contribution in [2.75, 3.05) is 52.4 Å². The molecule has 2 aliphatic rings. The van der Waals surface area contributed by atoms with Gasteiger partial charge in [0.05, 0.1) is 12.7 Å². The van der Waals surface area contributed by atoms with Crippen LogP contribution < -0.4 is 5.32 Å². The highest BCUT2D eigenvalue weighted by molar-refractivity contribution is 4.80. The first-order valence-electron chi connectivity index (χ1n) is 7.61. The van der Waals surface area contributed by atoms with Gasteiger partial charge in [-0.2, -0.15) is 0 Å². The fourth-order valence-corrected chi connectivity index (χ4v) is 2.98. The van der Waals surface area contributed by atoms with Crippen molar-refractivity contribution < 1.29 is 4.74 Å². The first-order valence-corrected chi connectivity index (χ1v) is 7.61. The van der Waals surface area contributed by atoms with Gasteiger partial charge in [-0.05, 0) is 32.5 Å². The van der Waals surface area contributed by atoms with E-state index in [1.165, 1.54) is 32.5 Å². The molecule has 2 unspecified atom stereocenters. The molecule has 2 saturated heterocycles. The van der Waals surface area contributed by atoms with Crippen molar-refractivity contribution in [1.29, 1.82) is 0 Å². The van der Waals surface area contributed by atoms with Crippen LogP contribution >= 0.6 is 0 Å². The van der Waals surface area contributed by atoms with E-state index in [1.54, 1.807) is 0 Å². The minimum absolute atomic E-state index is 0.411. The number of morpholine rings is 1. The Morgan fingerprint density at radius 2 is 2.06 bits per heavy atom. The summed E-state index contributed by atoms with van der Waals surface area (Å²) < 4.78 is 5.92. The molecule has 18 heavy (non-hydrogen) atoms. The van der Waals surface area contributed by atoms with Crippen LogP contribution in [0.15, 0.2) is 0 Å². The molecule has 0 aromatic heterocycles. The third-order valence-electron chi connectivity index (χ3n) is 4.19. The van der Waals surface area contributed by atoms with Gasteiger partial charge in [0, 0.05) is 32.2 Å². The molecule has 106 valence electrons. The number of likely N-dealkylation sites (N-methyl/N-ethyl adjacent to an activating group) is 1. The van der Waals surface area contributed by atoms with Crippen LogP contribution in [0.25, 0.3) is 0 Å². The fraction of sp³-hybridized carbons (Fsp3) is 1.00. The van der Waals surface area contributed by atoms with Gasteiger partial charge in [-0.15, -0.1) is 0 Å². The van der Waals surface area contributed by atoms with Crippen molar-refractivity contribution in [3.8, 4) is 0 Å². The first kappa shape index (κ1) is 14.3. The van der Waals surface area contributed by atoms with Crippen LogP contribution in [0.2, 0.25) is 0 Å². The molecule has 2 atom stereocenters. The fourth-order valence-electron chi connectivity index (χ4n) is 2.98. The number of nitrogens with one attached hydrogen (secondary N) is 1. The van der Waals surface area contributed by atoms with E-state index in [0.29, 0.717) is 12.1 Å². The summed E-state index contributed by atoms with van der Waals surface area (Å²) in [6.45, 7) is 13.5. The van der Waals surface area contributed by atoms with E-state index in [1.807, 2.05) is 0 Å². The van der Waals surface area contributed by atoms with Crippen LogP contribution in [-0.4, -0.2) is 74.4 Å². The van der Waals surface area contributed by atoms with Crippen LogP contribution in [0.3, 0.4) is 0 Å². The normalized spacial score (nSPS) is 32.3. The van der Waals surface area contributed by atoms with Crippen molar-refractivity contribution >= 4 is 0 Å². The van der Waals surface area contributed by atoms with Gasteiger partial charge in [0.2, 0.25) is 0 Å². The van der Waals surface area contributed by atoms with E-state index >= 15 is 0 Å². The second-order valence-electron chi connectivity index (χ2n) is 5.56. The molecule has 2 heterocycles. The standard InChI is InChI=1S/C14H29N3O/c1-3-13-10-17(7-5-6-15-13)12-14-11-16(4-2)8-9-18-14/h13-15H,3-12H2,1-2H3. The van der Waals surface area contributed by atoms with E-state index in [0.717, 1.165) is 32.8 Å². The maximum atomic E-state index is 5.92. The summed E-state index contributed by atoms with van der Waals surface area (Å²) in [4.78, 5) is 5.10. The van der Waals surface area contributed by atoms with E-state index < -0.39 is 0 Å². The number of hydrogen-bond acceptors (Lipinski definition) is 4. The predicted molar refractivity (Wildman–Crippen MR) is 75.0 cm³/mol. The van der Waals surface area contributed by atoms with Crippen LogP contribution in [-0.2, 0) is 4.74 Å². The van der Waals surface area contributed by atoms with Crippen LogP contribution in [0.4, 0.5) is 0 Å². The highest BCUT2D eigenvalue weighted by atomic mass is 16.5. The number of ether oxygens (including phenoxy) is 1. The Balaban J connectivity index is 1.79. The van der Waals surface area contributed by atoms with Gasteiger partial charge >= 0.3 is 0 Å². The van der Waals surface area contributed by atoms with E-state index in [9.17, 15) is 0 Å². The average Bonchev–Trinajstić information content (AvgIpc) is 2.64. The summed E-state index contributed by atoms with van der Waals surface area (Å²) in [7, 11) is 0. The van der Waals surface area contributed by atoms with Gasteiger partial charge in [-0.25, -0.2) is 0 Å². The molecule has 2 rings (SSSR count). The molecule has 0 bridgehead atoms. The molecule has 0 radical (unpaired) electrons. The molecule has 1 N–H and O–H groups in total. The maximum Gasteiger partial charge on any atom is 0.0829 e. The lowest BCUT2D eigenvalue weighted by molar-refractivity contribution is -0.0419. The topological polar surface area (TPSA) is 27.7 Å². The predicted octanol–water partition coefficient (Wildman–Crippen LogP) is 0.781. The van der Waals surface area contributed by atoms with Gasteiger partial charge in [0.1, 0.15) is 0 Å². The van der Waals surface area contributed by atoms with Gasteiger partial charge in [0.25, 0.3) is 0 Å². The molecule has 2 fully saturated rings. The number of nitrogens with zero attached hydrogens (tertiary/aromatic N) is 2. The van der Waals surface area contributed by atoms with Gasteiger partial charge in [-0.1, -0.05) is 13.8 Å². The second kappa shape index (κ2) is 7.43. The minimum atomic E-state index is 0.411. The largest absolute Gasteiger partial charge is 0.374 e. The summed E-state index contributed by atoms with van der Waals surface area (Å²) in [5.74, 6) is 0. The Bertz CT molecular complexity index is 237. The van der Waals surface area contributed by atoms with Crippen LogP contribution in [0.5, 0.6) is 0 Å². The van der Waals surface area contributed by atoms with E-state index in [-0.39, 0.29) is 0 Å². The van der Waals surface area contributed by atoms with Gasteiger partial charge in [0.15, 0.2) is 0 Å². The second-order valence-corrected chi connectivity index (χ2v) is 5.56. The molecule has 4 nitrogen and oxygen atoms in total. The molecule has 0 spiro atoms. The Kier molecular flexibility index (Phi) is 5.89. The molecule has 0 aliphatic carbocycles. The lowest BCUT2D eigenvalue weighted by atomic mass is 10.2. The molecule has 4 heteroatoms. The molecular formula is C14H29N3O. The van der Waals surface area contributed by atoms with Crippen molar-refractivity contribution in [3.05, 3.63) is 0 Å². The zero-order valence-corrected chi connectivity index (χ0v) is 12.0. The van der Waals surface area contributed by atoms with Gasteiger partial charge in [-0.3, -0.25) is 9.80 Å². The average molecular weight is 255 g/mol. The quantitative estimate of drug-likeness (QED) is 0.803. The monoisotopic (exact) mass is 255 g/mol. The highest BCUT2D eigenvalue weighted by Crippen LogP contribution is 2.10. The maximum absolute atomic E-state index is 5.92. The molecule has 0 amide bonds. The van der Waals surface area contributed by atoms with Crippen LogP contribution in [0, 0.1) is 0 Å². The zero-order chi connectivity index (χ0) is 12.8. The Morgan fingerprint density at radius 1 is 1.17 bits per heavy atom. The lowest BCUT2D eigenvalue weighted by Gasteiger charge is -2.35. The molecule has 0 aromatic rings. The van der Waals surface area contributed by atoms with Crippen molar-refractivity contribution in [3.63, 3.8) is 0 Å². The van der Waals surface area contributed by atoms with Crippen molar-refractivity contribution in [1.82, 2.24) is 15.1 Å². The van der Waals surface area contributed by atoms with Gasteiger partial charge < -0.3 is 10.1 Å². The molecule has 0 saturated carbocycles. The molecule has 0 aromatic carbocycles. The summed E-state index contributed by atoms with van der Waals surface area (Å²) in [6, 6.07) is 0.665. The Morgan fingerprint density at radius 3 is 2.83 bits per heavy atom. The Hall–Kier alpha value is -0.160. The zero-order valence-electron chi connectivity index (χ0n) is 12.0. The SMILES string of the molecule is CCC1CN(CC2CN(CC)CCO2)CCCN1. The smallest absolute Gasteiger partial charge is 0.0829 e. The summed E-state index contributed by atoms with van der Waals surface area (Å²) in [5, 5.41) is 3.63. The highest BCUT2D eigenvalue weighted by Gasteiger charge is 2.24. The molecule has 2 aliphatic heterocycles. The minimum Gasteiger partial charge on any atom is -0.374 e. The summed E-state index contributed by atoms with van der Waals surface area (Å²) in [6.07, 6.45) is 2.90. The van der Waals surface area contributed by atoms with Crippen molar-refractivity contribution in [2.24, 2.45) is 0 Å². The van der Waals surface area contributed by atoms with Crippen LogP contribution in [0.1, 0.15) is 26.7 Å². The van der Waals surface area contributed by atoms with E-state index in [2.05, 4.69) is 29.0 Å². The Labute approximate surface area is 112 Å².